The summed E-state index contributed by atoms with van der Waals surface area (Å²) in [5, 5.41) is 8.36. The third-order valence-electron chi connectivity index (χ3n) is 4.16. The predicted molar refractivity (Wildman–Crippen MR) is 88.7 cm³/mol. The van der Waals surface area contributed by atoms with Gasteiger partial charge in [0.2, 0.25) is 0 Å². The van der Waals surface area contributed by atoms with Crippen LogP contribution in [0.5, 0.6) is 0 Å². The smallest absolute Gasteiger partial charge is 0.0798 e. The Hall–Kier alpha value is -1.61. The first-order valence-electron chi connectivity index (χ1n) is 8.12. The molecular weight excluding hydrogens is 258 g/mol. The van der Waals surface area contributed by atoms with Gasteiger partial charge in [-0.05, 0) is 37.1 Å². The van der Waals surface area contributed by atoms with Gasteiger partial charge >= 0.3 is 0 Å². The van der Waals surface area contributed by atoms with Gasteiger partial charge in [-0.15, -0.1) is 0 Å². The topological polar surface area (TPSA) is 29.9 Å². The summed E-state index contributed by atoms with van der Waals surface area (Å²) < 4.78 is 1.96. The van der Waals surface area contributed by atoms with Crippen LogP contribution in [-0.4, -0.2) is 16.3 Å². The molecule has 0 fully saturated rings. The van der Waals surface area contributed by atoms with Crippen LogP contribution in [0.2, 0.25) is 0 Å². The van der Waals surface area contributed by atoms with Crippen molar-refractivity contribution in [2.45, 2.75) is 46.1 Å². The second-order valence-electron chi connectivity index (χ2n) is 5.55. The van der Waals surface area contributed by atoms with Gasteiger partial charge in [-0.3, -0.25) is 0 Å². The maximum atomic E-state index is 4.78. The first-order valence-corrected chi connectivity index (χ1v) is 8.12. The van der Waals surface area contributed by atoms with Crippen molar-refractivity contribution in [2.24, 2.45) is 5.92 Å². The molecule has 1 aromatic heterocycles. The molecule has 1 aromatic carbocycles. The fourth-order valence-electron chi connectivity index (χ4n) is 2.76. The Balaban J connectivity index is 2.15. The van der Waals surface area contributed by atoms with Crippen molar-refractivity contribution in [3.8, 4) is 5.69 Å². The number of nitrogens with zero attached hydrogens (tertiary/aromatic N) is 2. The highest BCUT2D eigenvalue weighted by molar-refractivity contribution is 5.30. The maximum absolute atomic E-state index is 4.78. The highest BCUT2D eigenvalue weighted by atomic mass is 15.3. The Morgan fingerprint density at radius 1 is 1.05 bits per heavy atom. The highest BCUT2D eigenvalue weighted by Crippen LogP contribution is 2.24. The van der Waals surface area contributed by atoms with E-state index >= 15 is 0 Å². The first kappa shape index (κ1) is 15.8. The SMILES string of the molecule is CCNC(CC(CC)CC)c1ccn(-c2ccccc2)n1. The van der Waals surface area contributed by atoms with Crippen LogP contribution in [0, 0.1) is 5.92 Å². The van der Waals surface area contributed by atoms with Crippen LogP contribution < -0.4 is 5.32 Å². The molecule has 0 saturated carbocycles. The summed E-state index contributed by atoms with van der Waals surface area (Å²) in [6.45, 7) is 7.69. The molecule has 114 valence electrons. The van der Waals surface area contributed by atoms with Gasteiger partial charge in [0.15, 0.2) is 0 Å². The summed E-state index contributed by atoms with van der Waals surface area (Å²) in [5.74, 6) is 0.760. The summed E-state index contributed by atoms with van der Waals surface area (Å²) in [5.41, 5.74) is 2.26. The highest BCUT2D eigenvalue weighted by Gasteiger charge is 2.17. The zero-order valence-electron chi connectivity index (χ0n) is 13.4. The summed E-state index contributed by atoms with van der Waals surface area (Å²) in [4.78, 5) is 0. The quantitative estimate of drug-likeness (QED) is 0.781. The van der Waals surface area contributed by atoms with Gasteiger partial charge in [0.1, 0.15) is 0 Å². The monoisotopic (exact) mass is 285 g/mol. The Morgan fingerprint density at radius 3 is 2.38 bits per heavy atom. The van der Waals surface area contributed by atoms with Crippen molar-refractivity contribution < 1.29 is 0 Å². The second kappa shape index (κ2) is 7.99. The lowest BCUT2D eigenvalue weighted by Gasteiger charge is -2.21. The molecule has 1 atom stereocenters. The number of para-hydroxylation sites is 1. The van der Waals surface area contributed by atoms with Gasteiger partial charge in [0.25, 0.3) is 0 Å². The van der Waals surface area contributed by atoms with Gasteiger partial charge in [-0.25, -0.2) is 4.68 Å². The van der Waals surface area contributed by atoms with Crippen molar-refractivity contribution in [3.63, 3.8) is 0 Å². The molecule has 0 saturated heterocycles. The average Bonchev–Trinajstić information content (AvgIpc) is 3.02. The van der Waals surface area contributed by atoms with E-state index in [2.05, 4.69) is 50.5 Å². The van der Waals surface area contributed by atoms with E-state index in [1.54, 1.807) is 0 Å². The van der Waals surface area contributed by atoms with Crippen LogP contribution in [0.25, 0.3) is 5.69 Å². The minimum atomic E-state index is 0.352. The maximum Gasteiger partial charge on any atom is 0.0798 e. The van der Waals surface area contributed by atoms with Crippen LogP contribution in [0.15, 0.2) is 42.6 Å². The van der Waals surface area contributed by atoms with Crippen molar-refractivity contribution in [1.29, 1.82) is 0 Å². The van der Waals surface area contributed by atoms with Crippen LogP contribution in [0.4, 0.5) is 0 Å². The third-order valence-corrected chi connectivity index (χ3v) is 4.16. The van der Waals surface area contributed by atoms with Gasteiger partial charge < -0.3 is 5.32 Å². The normalized spacial score (nSPS) is 12.8. The molecule has 2 rings (SSSR count). The molecule has 0 bridgehead atoms. The summed E-state index contributed by atoms with van der Waals surface area (Å²) in [7, 11) is 0. The van der Waals surface area contributed by atoms with Crippen molar-refractivity contribution in [3.05, 3.63) is 48.3 Å². The van der Waals surface area contributed by atoms with Crippen LogP contribution in [-0.2, 0) is 0 Å². The predicted octanol–water partition coefficient (Wildman–Crippen LogP) is 4.35. The fourth-order valence-corrected chi connectivity index (χ4v) is 2.76. The second-order valence-corrected chi connectivity index (χ2v) is 5.55. The summed E-state index contributed by atoms with van der Waals surface area (Å²) >= 11 is 0. The van der Waals surface area contributed by atoms with Crippen molar-refractivity contribution in [2.75, 3.05) is 6.54 Å². The molecule has 1 unspecified atom stereocenters. The Labute approximate surface area is 128 Å². The van der Waals surface area contributed by atoms with Gasteiger partial charge in [-0.2, -0.15) is 5.10 Å². The number of hydrogen-bond acceptors (Lipinski definition) is 2. The molecule has 0 aliphatic heterocycles. The Kier molecular flexibility index (Phi) is 6.00. The summed E-state index contributed by atoms with van der Waals surface area (Å²) in [6, 6.07) is 12.8. The Bertz CT molecular complexity index is 514. The van der Waals surface area contributed by atoms with E-state index in [4.69, 9.17) is 5.10 Å². The average molecular weight is 285 g/mol. The van der Waals surface area contributed by atoms with E-state index in [1.807, 2.05) is 22.9 Å². The third kappa shape index (κ3) is 4.18. The lowest BCUT2D eigenvalue weighted by atomic mass is 9.93. The summed E-state index contributed by atoms with van der Waals surface area (Å²) in [6.07, 6.45) is 5.68. The molecule has 0 aliphatic carbocycles. The van der Waals surface area contributed by atoms with Crippen molar-refractivity contribution >= 4 is 0 Å². The van der Waals surface area contributed by atoms with E-state index in [1.165, 1.54) is 12.8 Å². The van der Waals surface area contributed by atoms with Crippen LogP contribution in [0.3, 0.4) is 0 Å². The van der Waals surface area contributed by atoms with E-state index < -0.39 is 0 Å². The fraction of sp³-hybridized carbons (Fsp3) is 0.500. The molecule has 1 N–H and O–H groups in total. The number of benzene rings is 1. The van der Waals surface area contributed by atoms with Gasteiger partial charge in [0, 0.05) is 6.20 Å². The largest absolute Gasteiger partial charge is 0.309 e. The van der Waals surface area contributed by atoms with Crippen molar-refractivity contribution in [1.82, 2.24) is 15.1 Å². The molecule has 3 heteroatoms. The van der Waals surface area contributed by atoms with Crippen LogP contribution >= 0.6 is 0 Å². The first-order chi connectivity index (χ1) is 10.3. The number of nitrogens with one attached hydrogen (secondary N) is 1. The molecule has 0 amide bonds. The lowest BCUT2D eigenvalue weighted by molar-refractivity contribution is 0.370. The zero-order chi connectivity index (χ0) is 15.1. The van der Waals surface area contributed by atoms with Crippen LogP contribution in [0.1, 0.15) is 51.8 Å². The minimum Gasteiger partial charge on any atom is -0.309 e. The van der Waals surface area contributed by atoms with E-state index in [0.29, 0.717) is 6.04 Å². The van der Waals surface area contributed by atoms with E-state index in [9.17, 15) is 0 Å². The number of rotatable bonds is 8. The molecule has 0 spiro atoms. The number of hydrogen-bond donors (Lipinski definition) is 1. The molecule has 0 radical (unpaired) electrons. The molecule has 0 aliphatic rings. The molecular formula is C18H27N3. The van der Waals surface area contributed by atoms with Gasteiger partial charge in [0.05, 0.1) is 17.4 Å². The van der Waals surface area contributed by atoms with E-state index in [0.717, 1.165) is 30.3 Å². The zero-order valence-corrected chi connectivity index (χ0v) is 13.4. The number of aromatic nitrogens is 2. The lowest BCUT2D eigenvalue weighted by Crippen LogP contribution is -2.24. The molecule has 3 nitrogen and oxygen atoms in total. The molecule has 2 aromatic rings. The van der Waals surface area contributed by atoms with Gasteiger partial charge in [-0.1, -0.05) is 51.8 Å². The van der Waals surface area contributed by atoms with E-state index in [-0.39, 0.29) is 0 Å². The standard InChI is InChI=1S/C18H27N3/c1-4-15(5-2)14-18(19-6-3)17-12-13-21(20-17)16-10-8-7-9-11-16/h7-13,15,18-19H,4-6,14H2,1-3H3. The Morgan fingerprint density at radius 2 is 1.76 bits per heavy atom. The molecule has 1 heterocycles. The minimum absolute atomic E-state index is 0.352. The molecule has 21 heavy (non-hydrogen) atoms.